The highest BCUT2D eigenvalue weighted by atomic mass is 35.5. The molecule has 2 aliphatic rings. The van der Waals surface area contributed by atoms with E-state index in [0.717, 1.165) is 49.7 Å². The van der Waals surface area contributed by atoms with Gasteiger partial charge in [0.05, 0.1) is 12.6 Å². The van der Waals surface area contributed by atoms with E-state index in [9.17, 15) is 9.59 Å². The molecule has 2 heterocycles. The van der Waals surface area contributed by atoms with Crippen molar-refractivity contribution in [3.8, 4) is 0 Å². The second-order valence-corrected chi connectivity index (χ2v) is 15.4. The Morgan fingerprint density at radius 2 is 1.72 bits per heavy atom. The molecule has 244 valence electrons. The molecule has 1 aliphatic carbocycles. The Hall–Kier alpha value is -3.85. The van der Waals surface area contributed by atoms with Crippen molar-refractivity contribution < 1.29 is 9.59 Å². The molecule has 10 heteroatoms. The van der Waals surface area contributed by atoms with Crippen LogP contribution in [0.5, 0.6) is 0 Å². The Balaban J connectivity index is 1.47. The predicted molar refractivity (Wildman–Crippen MR) is 182 cm³/mol. The molecule has 0 unspecified atom stereocenters. The third-order valence-electron chi connectivity index (χ3n) is 9.36. The molecule has 3 aromatic rings. The summed E-state index contributed by atoms with van der Waals surface area (Å²) in [7, 11) is 0. The van der Waals surface area contributed by atoms with Crippen LogP contribution in [0.15, 0.2) is 59.6 Å². The minimum absolute atomic E-state index is 0.0414. The van der Waals surface area contributed by atoms with Gasteiger partial charge in [0.1, 0.15) is 11.4 Å². The molecule has 1 spiro atoms. The molecule has 46 heavy (non-hydrogen) atoms. The van der Waals surface area contributed by atoms with E-state index in [2.05, 4.69) is 72.4 Å². The second kappa shape index (κ2) is 13.5. The highest BCUT2D eigenvalue weighted by Gasteiger charge is 2.52. The van der Waals surface area contributed by atoms with Crippen LogP contribution in [0.3, 0.4) is 0 Å². The monoisotopic (exact) mass is 643 g/mol. The predicted octanol–water partition coefficient (Wildman–Crippen LogP) is 7.58. The van der Waals surface area contributed by atoms with Crippen molar-refractivity contribution in [3.63, 3.8) is 0 Å². The van der Waals surface area contributed by atoms with E-state index in [0.29, 0.717) is 28.0 Å². The van der Waals surface area contributed by atoms with E-state index in [-0.39, 0.29) is 35.2 Å². The lowest BCUT2D eigenvalue weighted by molar-refractivity contribution is -0.134. The van der Waals surface area contributed by atoms with Gasteiger partial charge in [-0.2, -0.15) is 5.21 Å². The molecule has 1 aliphatic heterocycles. The largest absolute Gasteiger partial charge is 0.345 e. The Labute approximate surface area is 277 Å². The Morgan fingerprint density at radius 3 is 2.30 bits per heavy atom. The number of nitrogens with zero attached hydrogens (tertiary/aromatic N) is 5. The average Bonchev–Trinajstić information content (AvgIpc) is 3.62. The van der Waals surface area contributed by atoms with Gasteiger partial charge in [-0.1, -0.05) is 88.7 Å². The molecule has 9 nitrogen and oxygen atoms in total. The van der Waals surface area contributed by atoms with Crippen molar-refractivity contribution >= 4 is 35.2 Å². The van der Waals surface area contributed by atoms with Crippen LogP contribution < -0.4 is 5.32 Å². The minimum Gasteiger partial charge on any atom is -0.345 e. The van der Waals surface area contributed by atoms with Gasteiger partial charge in [-0.05, 0) is 96.7 Å². The molecule has 2 aromatic carbocycles. The fourth-order valence-corrected chi connectivity index (χ4v) is 6.74. The van der Waals surface area contributed by atoms with E-state index in [4.69, 9.17) is 16.6 Å². The van der Waals surface area contributed by atoms with Crippen LogP contribution in [-0.2, 0) is 11.3 Å². The van der Waals surface area contributed by atoms with Crippen LogP contribution >= 0.6 is 11.6 Å². The van der Waals surface area contributed by atoms with Crippen LogP contribution in [0.25, 0.3) is 6.08 Å². The van der Waals surface area contributed by atoms with E-state index >= 15 is 0 Å². The van der Waals surface area contributed by atoms with E-state index in [1.54, 1.807) is 0 Å². The van der Waals surface area contributed by atoms with Gasteiger partial charge in [-0.25, -0.2) is 0 Å². The molecule has 5 rings (SSSR count). The molecule has 1 saturated carbocycles. The molecule has 1 atom stereocenters. The first-order valence-electron chi connectivity index (χ1n) is 16.2. The molecule has 1 aromatic heterocycles. The number of hydrogen-bond donors (Lipinski definition) is 2. The molecule has 2 amide bonds. The first-order chi connectivity index (χ1) is 21.7. The lowest BCUT2D eigenvalue weighted by atomic mass is 9.69. The third-order valence-corrected chi connectivity index (χ3v) is 9.62. The maximum Gasteiger partial charge on any atom is 0.274 e. The topological polar surface area (TPSA) is 116 Å². The SMILES string of the molecule is CC(C)(C)CC[C@H](c1ccc(C(=O)NCc2nn[nH]n2)cc1)N1C(=O)C(C=Cc2ccc(Cl)cc2)=NC12CCC(C(C)(C)C)CC2. The first-order valence-corrected chi connectivity index (χ1v) is 16.6. The van der Waals surface area contributed by atoms with E-state index in [1.165, 1.54) is 0 Å². The number of amides is 2. The zero-order chi connectivity index (χ0) is 33.1. The van der Waals surface area contributed by atoms with Crippen molar-refractivity contribution in [1.29, 1.82) is 0 Å². The highest BCUT2D eigenvalue weighted by molar-refractivity contribution is 6.45. The summed E-state index contributed by atoms with van der Waals surface area (Å²) in [6.45, 7) is 13.8. The normalized spacial score (nSPS) is 21.2. The third kappa shape index (κ3) is 7.92. The molecular formula is C36H46ClN7O2. The van der Waals surface area contributed by atoms with Crippen molar-refractivity contribution in [2.45, 2.75) is 98.3 Å². The minimum atomic E-state index is -0.609. The number of carbonyl (C=O) groups is 2. The standard InChI is InChI=1S/C36H46ClN7O2/c1-34(2,3)20-19-30(25-10-12-26(13-11-25)32(45)38-23-31-40-42-43-41-31)44-33(46)29(16-9-24-7-14-28(37)15-8-24)39-36(44)21-17-27(18-22-36)35(4,5)6/h7-16,27,30H,17-23H2,1-6H3,(H,38,45)(H,40,41,42,43)/t27?,30-,36?/m1/s1. The molecule has 0 radical (unpaired) electrons. The van der Waals surface area contributed by atoms with Gasteiger partial charge in [0.25, 0.3) is 11.8 Å². The maximum absolute atomic E-state index is 14.5. The van der Waals surface area contributed by atoms with Crippen LogP contribution in [0.4, 0.5) is 0 Å². The summed E-state index contributed by atoms with van der Waals surface area (Å²) in [6.07, 6.45) is 9.17. The lowest BCUT2D eigenvalue weighted by Crippen LogP contribution is -2.51. The summed E-state index contributed by atoms with van der Waals surface area (Å²) in [5, 5.41) is 17.2. The number of aromatic nitrogens is 4. The van der Waals surface area contributed by atoms with Gasteiger partial charge in [0, 0.05) is 10.6 Å². The Morgan fingerprint density at radius 1 is 1.04 bits per heavy atom. The van der Waals surface area contributed by atoms with E-state index in [1.807, 2.05) is 60.7 Å². The van der Waals surface area contributed by atoms with Gasteiger partial charge in [0.2, 0.25) is 0 Å². The van der Waals surface area contributed by atoms with Crippen LogP contribution in [0, 0.1) is 16.7 Å². The summed E-state index contributed by atoms with van der Waals surface area (Å²) >= 11 is 6.10. The number of aromatic amines is 1. The quantitative estimate of drug-likeness (QED) is 0.249. The summed E-state index contributed by atoms with van der Waals surface area (Å²) in [5.41, 5.74) is 2.64. The van der Waals surface area contributed by atoms with Crippen molar-refractivity contribution in [2.75, 3.05) is 0 Å². The van der Waals surface area contributed by atoms with Crippen molar-refractivity contribution in [1.82, 2.24) is 30.8 Å². The number of nitrogens with one attached hydrogen (secondary N) is 2. The summed E-state index contributed by atoms with van der Waals surface area (Å²) in [4.78, 5) is 34.7. The fraction of sp³-hybridized carbons (Fsp3) is 0.500. The number of benzene rings is 2. The first kappa shape index (κ1) is 33.5. The zero-order valence-electron chi connectivity index (χ0n) is 27.8. The van der Waals surface area contributed by atoms with Gasteiger partial charge in [-0.15, -0.1) is 10.2 Å². The molecule has 0 bridgehead atoms. The average molecular weight is 644 g/mol. The maximum atomic E-state index is 14.5. The lowest BCUT2D eigenvalue weighted by Gasteiger charge is -2.47. The number of rotatable bonds is 9. The number of tetrazole rings is 1. The van der Waals surface area contributed by atoms with Crippen LogP contribution in [-0.4, -0.2) is 48.7 Å². The van der Waals surface area contributed by atoms with Crippen LogP contribution in [0.2, 0.25) is 5.02 Å². The van der Waals surface area contributed by atoms with E-state index < -0.39 is 5.66 Å². The molecule has 2 N–H and O–H groups in total. The molecule has 1 fully saturated rings. The van der Waals surface area contributed by atoms with Gasteiger partial charge in [0.15, 0.2) is 5.82 Å². The number of aliphatic imine (C=N–C) groups is 1. The second-order valence-electron chi connectivity index (χ2n) is 14.9. The number of halogens is 1. The Kier molecular flexibility index (Phi) is 9.82. The van der Waals surface area contributed by atoms with Gasteiger partial charge in [-0.3, -0.25) is 14.6 Å². The number of H-pyrrole nitrogens is 1. The number of hydrogen-bond acceptors (Lipinski definition) is 6. The Bertz CT molecular complexity index is 1560. The van der Waals surface area contributed by atoms with Gasteiger partial charge >= 0.3 is 0 Å². The summed E-state index contributed by atoms with van der Waals surface area (Å²) in [6, 6.07) is 15.0. The number of carbonyl (C=O) groups excluding carboxylic acids is 2. The zero-order valence-corrected chi connectivity index (χ0v) is 28.6. The highest BCUT2D eigenvalue weighted by Crippen LogP contribution is 2.50. The smallest absolute Gasteiger partial charge is 0.274 e. The summed E-state index contributed by atoms with van der Waals surface area (Å²) in [5.74, 6) is 0.708. The molecule has 0 saturated heterocycles. The fourth-order valence-electron chi connectivity index (χ4n) is 6.62. The van der Waals surface area contributed by atoms with Crippen molar-refractivity contribution in [2.24, 2.45) is 21.7 Å². The molecular weight excluding hydrogens is 598 g/mol. The van der Waals surface area contributed by atoms with Gasteiger partial charge < -0.3 is 10.2 Å². The van der Waals surface area contributed by atoms with Crippen LogP contribution in [0.1, 0.15) is 113 Å². The van der Waals surface area contributed by atoms with Crippen molar-refractivity contribution in [3.05, 3.63) is 82.1 Å². The summed E-state index contributed by atoms with van der Waals surface area (Å²) < 4.78 is 0.